The van der Waals surface area contributed by atoms with E-state index in [1.165, 1.54) is 87.7 Å². The van der Waals surface area contributed by atoms with Crippen LogP contribution in [0.3, 0.4) is 0 Å². The maximum Gasteiger partial charge on any atom is 0.0562 e. The van der Waals surface area contributed by atoms with Crippen molar-refractivity contribution in [3.05, 3.63) is 210 Å². The molecule has 2 unspecified atom stereocenters. The Labute approximate surface area is 349 Å². The third-order valence-electron chi connectivity index (χ3n) is 13.2. The van der Waals surface area contributed by atoms with Crippen LogP contribution < -0.4 is 4.90 Å². The lowest BCUT2D eigenvalue weighted by atomic mass is 9.82. The number of nitrogens with zero attached hydrogens (tertiary/aromatic N) is 2. The number of fused-ring (bicyclic) bond motifs is 11. The minimum atomic E-state index is -0.117. The van der Waals surface area contributed by atoms with Crippen LogP contribution in [0.4, 0.5) is 17.1 Å². The summed E-state index contributed by atoms with van der Waals surface area (Å²) in [5.74, 6) is 0.387. The Morgan fingerprint density at radius 3 is 2.14 bits per heavy atom. The summed E-state index contributed by atoms with van der Waals surface area (Å²) in [6.45, 7) is 6.88. The van der Waals surface area contributed by atoms with Crippen molar-refractivity contribution in [2.75, 3.05) is 4.90 Å². The Morgan fingerprint density at radius 1 is 0.559 bits per heavy atom. The molecule has 0 saturated heterocycles. The molecule has 2 nitrogen and oxygen atoms in total. The summed E-state index contributed by atoms with van der Waals surface area (Å²) in [5, 5.41) is 5.54. The van der Waals surface area contributed by atoms with Crippen LogP contribution in [0.2, 0.25) is 0 Å². The van der Waals surface area contributed by atoms with Gasteiger partial charge in [0.2, 0.25) is 0 Å². The van der Waals surface area contributed by atoms with E-state index in [4.69, 9.17) is 0 Å². The first-order valence-corrected chi connectivity index (χ1v) is 21.6. The highest BCUT2D eigenvalue weighted by atomic mass is 32.2. The van der Waals surface area contributed by atoms with Crippen molar-refractivity contribution in [3.8, 4) is 27.9 Å². The smallest absolute Gasteiger partial charge is 0.0562 e. The molecule has 3 heteroatoms. The first-order chi connectivity index (χ1) is 28.9. The zero-order valence-corrected chi connectivity index (χ0v) is 34.2. The second kappa shape index (κ2) is 13.0. The van der Waals surface area contributed by atoms with Gasteiger partial charge in [0, 0.05) is 55.0 Å². The molecule has 2 atom stereocenters. The molecular weight excluding hydrogens is 733 g/mol. The van der Waals surface area contributed by atoms with Gasteiger partial charge in [-0.2, -0.15) is 0 Å². The van der Waals surface area contributed by atoms with Crippen LogP contribution in [-0.2, 0) is 5.41 Å². The molecule has 2 heterocycles. The second-order valence-electron chi connectivity index (χ2n) is 17.0. The summed E-state index contributed by atoms with van der Waals surface area (Å²) < 4.78 is 2.52. The standard InChI is InChI=1S/C56H42N2S/c1-35-16-18-36(19-17-35)37-20-23-39(24-21-37)57(41-25-28-45-44-12-6-8-14-49(44)56(2,3)50(45)33-41)42-26-29-47-52(34-42)58(51-30-22-38-10-4-5-11-43(38)55(47)51)40-27-31-54-48(32-40)46-13-7-9-15-53(46)59-54/h4-34,46,53H,1-3H3. The molecule has 0 fully saturated rings. The zero-order chi connectivity index (χ0) is 39.4. The number of hydrogen-bond donors (Lipinski definition) is 0. The van der Waals surface area contributed by atoms with E-state index in [1.54, 1.807) is 0 Å². The molecular formula is C56H42N2S. The molecule has 0 radical (unpaired) electrons. The summed E-state index contributed by atoms with van der Waals surface area (Å²) in [7, 11) is 0. The van der Waals surface area contributed by atoms with Crippen LogP contribution in [0.15, 0.2) is 193 Å². The zero-order valence-electron chi connectivity index (χ0n) is 33.4. The van der Waals surface area contributed by atoms with Gasteiger partial charge in [0.25, 0.3) is 0 Å². The molecule has 0 spiro atoms. The van der Waals surface area contributed by atoms with Crippen molar-refractivity contribution in [2.24, 2.45) is 0 Å². The quantitative estimate of drug-likeness (QED) is 0.172. The van der Waals surface area contributed by atoms with Crippen molar-refractivity contribution in [1.29, 1.82) is 0 Å². The van der Waals surface area contributed by atoms with Crippen molar-refractivity contribution in [2.45, 2.75) is 42.2 Å². The number of aromatic nitrogens is 1. The first-order valence-electron chi connectivity index (χ1n) is 20.7. The number of rotatable bonds is 5. The van der Waals surface area contributed by atoms with Gasteiger partial charge in [0.15, 0.2) is 0 Å². The predicted molar refractivity (Wildman–Crippen MR) is 251 cm³/mol. The molecule has 59 heavy (non-hydrogen) atoms. The maximum absolute atomic E-state index is 2.52. The molecule has 3 aliphatic rings. The Balaban J connectivity index is 1.08. The van der Waals surface area contributed by atoms with Crippen molar-refractivity contribution in [1.82, 2.24) is 4.57 Å². The highest BCUT2D eigenvalue weighted by Crippen LogP contribution is 2.52. The summed E-state index contributed by atoms with van der Waals surface area (Å²) in [6, 6.07) is 61.7. The third kappa shape index (κ3) is 5.27. The van der Waals surface area contributed by atoms with E-state index in [2.05, 4.69) is 218 Å². The lowest BCUT2D eigenvalue weighted by Crippen LogP contribution is -2.16. The largest absolute Gasteiger partial charge is 0.310 e. The highest BCUT2D eigenvalue weighted by molar-refractivity contribution is 8.00. The van der Waals surface area contributed by atoms with Crippen molar-refractivity contribution in [3.63, 3.8) is 0 Å². The van der Waals surface area contributed by atoms with E-state index >= 15 is 0 Å². The number of hydrogen-bond acceptors (Lipinski definition) is 2. The third-order valence-corrected chi connectivity index (χ3v) is 14.5. The van der Waals surface area contributed by atoms with Gasteiger partial charge in [0.05, 0.1) is 11.0 Å². The molecule has 9 aromatic rings. The molecule has 0 N–H and O–H groups in total. The van der Waals surface area contributed by atoms with E-state index in [0.717, 1.165) is 17.1 Å². The fourth-order valence-electron chi connectivity index (χ4n) is 10.2. The van der Waals surface area contributed by atoms with Gasteiger partial charge >= 0.3 is 0 Å². The minimum absolute atomic E-state index is 0.117. The summed E-state index contributed by atoms with van der Waals surface area (Å²) in [6.07, 6.45) is 9.14. The predicted octanol–water partition coefficient (Wildman–Crippen LogP) is 15.4. The van der Waals surface area contributed by atoms with Crippen molar-refractivity contribution < 1.29 is 0 Å². The van der Waals surface area contributed by atoms with E-state index in [1.807, 2.05) is 11.8 Å². The number of allylic oxidation sites excluding steroid dienone is 3. The van der Waals surface area contributed by atoms with Crippen molar-refractivity contribution >= 4 is 61.4 Å². The minimum Gasteiger partial charge on any atom is -0.310 e. The Bertz CT molecular complexity index is 3230. The topological polar surface area (TPSA) is 8.17 Å². The Kier molecular flexibility index (Phi) is 7.59. The van der Waals surface area contributed by atoms with Gasteiger partial charge in [-0.25, -0.2) is 0 Å². The summed E-state index contributed by atoms with van der Waals surface area (Å²) >= 11 is 1.99. The fourth-order valence-corrected chi connectivity index (χ4v) is 11.5. The van der Waals surface area contributed by atoms with E-state index in [0.29, 0.717) is 11.2 Å². The fraction of sp³-hybridized carbons (Fsp3) is 0.107. The molecule has 0 amide bonds. The normalized spacial score (nSPS) is 17.0. The van der Waals surface area contributed by atoms with Gasteiger partial charge in [-0.15, -0.1) is 11.8 Å². The van der Waals surface area contributed by atoms with Crippen LogP contribution in [0, 0.1) is 6.92 Å². The number of anilines is 3. The summed E-state index contributed by atoms with van der Waals surface area (Å²) in [5.41, 5.74) is 17.4. The lowest BCUT2D eigenvalue weighted by molar-refractivity contribution is 0.660. The van der Waals surface area contributed by atoms with Crippen LogP contribution in [0.25, 0.3) is 60.5 Å². The maximum atomic E-state index is 2.52. The average molecular weight is 775 g/mol. The van der Waals surface area contributed by atoms with Crippen LogP contribution in [-0.4, -0.2) is 9.82 Å². The second-order valence-corrected chi connectivity index (χ2v) is 18.2. The SMILES string of the molecule is Cc1ccc(-c2ccc(N(c3ccc4c(c3)C(C)(C)c3ccccc3-4)c3ccc4c5c6ccccc6ccc5n(-c5ccc6c(c5)C5C=CC=CC5S6)c4c3)cc2)cc1. The number of aryl methyl sites for hydroxylation is 1. The monoisotopic (exact) mass is 774 g/mol. The van der Waals surface area contributed by atoms with Crippen LogP contribution in [0.5, 0.6) is 0 Å². The lowest BCUT2D eigenvalue weighted by Gasteiger charge is -2.28. The van der Waals surface area contributed by atoms with E-state index in [-0.39, 0.29) is 5.41 Å². The van der Waals surface area contributed by atoms with Gasteiger partial charge in [-0.1, -0.05) is 147 Å². The molecule has 8 aromatic carbocycles. The summed E-state index contributed by atoms with van der Waals surface area (Å²) in [4.78, 5) is 3.84. The van der Waals surface area contributed by atoms with E-state index in [9.17, 15) is 0 Å². The van der Waals surface area contributed by atoms with Crippen LogP contribution >= 0.6 is 11.8 Å². The molecule has 2 aliphatic carbocycles. The van der Waals surface area contributed by atoms with Gasteiger partial charge in [0.1, 0.15) is 0 Å². The molecule has 282 valence electrons. The molecule has 12 rings (SSSR count). The number of thioether (sulfide) groups is 1. The Morgan fingerprint density at radius 2 is 1.27 bits per heavy atom. The van der Waals surface area contributed by atoms with Gasteiger partial charge in [-0.05, 0) is 117 Å². The average Bonchev–Trinajstić information content (AvgIpc) is 3.89. The first kappa shape index (κ1) is 34.5. The molecule has 0 saturated carbocycles. The van der Waals surface area contributed by atoms with Gasteiger partial charge in [-0.3, -0.25) is 0 Å². The van der Waals surface area contributed by atoms with Gasteiger partial charge < -0.3 is 9.47 Å². The molecule has 1 aromatic heterocycles. The molecule has 1 aliphatic heterocycles. The van der Waals surface area contributed by atoms with Crippen LogP contribution in [0.1, 0.15) is 42.0 Å². The highest BCUT2D eigenvalue weighted by Gasteiger charge is 2.36. The van der Waals surface area contributed by atoms with E-state index < -0.39 is 0 Å². The molecule has 0 bridgehead atoms. The Hall–Kier alpha value is -6.55. The number of benzene rings is 8.